The van der Waals surface area contributed by atoms with Crippen LogP contribution in [-0.4, -0.2) is 96.7 Å². The number of ether oxygens (including phenoxy) is 4. The molecule has 0 aromatic carbocycles. The number of rotatable bonds is 44. The highest BCUT2D eigenvalue weighted by Crippen LogP contribution is 2.45. The number of hydrogen-bond acceptors (Lipinski definition) is 15. The highest BCUT2D eigenvalue weighted by atomic mass is 31.2. The molecule has 19 heteroatoms. The standard InChI is InChI=1S/C43H82O17P2/c1-5-8-11-14-16-17-18-19-21-24-26-29-42(47)54-34-40(60-43(48)30-27-22-13-10-7-3)36-58-62(51,52)56-32-38(45)31-55-61(49,50)57-35-39(59-37(4)44)33-53-41(46)28-25-23-20-15-12-9-6-2/h38-40,45H,5-36H2,1-4H3,(H,49,50)(H,51,52)/t38-,39+,40+/m0/s1. The largest absolute Gasteiger partial charge is 0.472 e. The second kappa shape index (κ2) is 39.4. The van der Waals surface area contributed by atoms with E-state index < -0.39 is 97.5 Å². The van der Waals surface area contributed by atoms with Gasteiger partial charge in [-0.3, -0.25) is 37.3 Å². The Hall–Kier alpha value is -1.94. The van der Waals surface area contributed by atoms with Crippen molar-refractivity contribution in [3.63, 3.8) is 0 Å². The monoisotopic (exact) mass is 933 g/mol. The van der Waals surface area contributed by atoms with Crippen molar-refractivity contribution in [2.24, 2.45) is 0 Å². The second-order valence-corrected chi connectivity index (χ2v) is 18.7. The molecule has 0 aliphatic rings. The lowest BCUT2D eigenvalue weighted by molar-refractivity contribution is -0.161. The van der Waals surface area contributed by atoms with Gasteiger partial charge in [-0.2, -0.15) is 0 Å². The van der Waals surface area contributed by atoms with Crippen LogP contribution in [0.5, 0.6) is 0 Å². The summed E-state index contributed by atoms with van der Waals surface area (Å²) in [6, 6.07) is 0. The van der Waals surface area contributed by atoms with Crippen LogP contribution in [0.1, 0.15) is 195 Å². The molecule has 0 bridgehead atoms. The zero-order valence-corrected chi connectivity index (χ0v) is 40.1. The molecule has 0 fully saturated rings. The Morgan fingerprint density at radius 1 is 0.419 bits per heavy atom. The minimum Gasteiger partial charge on any atom is -0.462 e. The SMILES string of the molecule is CCCCCCCCCCCCCC(=O)OC[C@H](COP(=O)(O)OC[C@@H](O)COP(=O)(O)OC[C@@H](COC(=O)CCCCCCCCC)OC(C)=O)OC(=O)CCCCCCC. The van der Waals surface area contributed by atoms with Gasteiger partial charge in [0, 0.05) is 26.2 Å². The van der Waals surface area contributed by atoms with Gasteiger partial charge in [0.25, 0.3) is 0 Å². The average Bonchev–Trinajstić information content (AvgIpc) is 3.22. The quantitative estimate of drug-likeness (QED) is 0.0223. The van der Waals surface area contributed by atoms with E-state index in [4.69, 9.17) is 37.0 Å². The summed E-state index contributed by atoms with van der Waals surface area (Å²) in [6.07, 6.45) is 20.2. The third-order valence-corrected chi connectivity index (χ3v) is 11.6. The molecule has 3 N–H and O–H groups in total. The lowest BCUT2D eigenvalue weighted by atomic mass is 10.1. The van der Waals surface area contributed by atoms with Crippen molar-refractivity contribution in [3.05, 3.63) is 0 Å². The molecule has 0 aromatic heterocycles. The Balaban J connectivity index is 4.83. The van der Waals surface area contributed by atoms with Gasteiger partial charge < -0.3 is 33.8 Å². The van der Waals surface area contributed by atoms with Crippen LogP contribution in [0.3, 0.4) is 0 Å². The summed E-state index contributed by atoms with van der Waals surface area (Å²) in [5, 5.41) is 10.2. The predicted octanol–water partition coefficient (Wildman–Crippen LogP) is 9.75. The maximum atomic E-state index is 12.6. The zero-order valence-electron chi connectivity index (χ0n) is 38.3. The van der Waals surface area contributed by atoms with Crippen LogP contribution in [0.4, 0.5) is 0 Å². The van der Waals surface area contributed by atoms with Crippen molar-refractivity contribution >= 4 is 39.5 Å². The van der Waals surface area contributed by atoms with Crippen LogP contribution >= 0.6 is 15.6 Å². The van der Waals surface area contributed by atoms with Crippen molar-refractivity contribution in [2.75, 3.05) is 39.6 Å². The van der Waals surface area contributed by atoms with Gasteiger partial charge >= 0.3 is 39.5 Å². The molecular formula is C43H82O17P2. The molecule has 0 saturated carbocycles. The fourth-order valence-electron chi connectivity index (χ4n) is 6.10. The van der Waals surface area contributed by atoms with E-state index in [1.54, 1.807) is 0 Å². The van der Waals surface area contributed by atoms with E-state index >= 15 is 0 Å². The van der Waals surface area contributed by atoms with Crippen LogP contribution in [0.15, 0.2) is 0 Å². The fraction of sp³-hybridized carbons (Fsp3) is 0.907. The van der Waals surface area contributed by atoms with E-state index in [0.717, 1.165) is 84.0 Å². The van der Waals surface area contributed by atoms with E-state index in [9.17, 15) is 43.2 Å². The normalized spacial score (nSPS) is 14.9. The number of phosphoric ester groups is 2. The number of phosphoric acid groups is 2. The average molecular weight is 933 g/mol. The van der Waals surface area contributed by atoms with Gasteiger partial charge in [-0.15, -0.1) is 0 Å². The molecule has 62 heavy (non-hydrogen) atoms. The van der Waals surface area contributed by atoms with Gasteiger partial charge in [-0.25, -0.2) is 9.13 Å². The molecule has 0 radical (unpaired) electrons. The molecule has 0 amide bonds. The van der Waals surface area contributed by atoms with Crippen LogP contribution in [0.25, 0.3) is 0 Å². The molecule has 0 aromatic rings. The smallest absolute Gasteiger partial charge is 0.462 e. The third-order valence-electron chi connectivity index (χ3n) is 9.65. The molecule has 366 valence electrons. The molecule has 0 rings (SSSR count). The third kappa shape index (κ3) is 39.6. The van der Waals surface area contributed by atoms with Crippen LogP contribution < -0.4 is 0 Å². The van der Waals surface area contributed by atoms with Crippen molar-refractivity contribution < 1.29 is 80.2 Å². The second-order valence-electron chi connectivity index (χ2n) is 15.8. The van der Waals surface area contributed by atoms with E-state index in [-0.39, 0.29) is 19.3 Å². The summed E-state index contributed by atoms with van der Waals surface area (Å²) in [6.45, 7) is 3.51. The number of unbranched alkanes of at least 4 members (excludes halogenated alkanes) is 20. The Morgan fingerprint density at radius 2 is 0.710 bits per heavy atom. The minimum absolute atomic E-state index is 0.0992. The van der Waals surface area contributed by atoms with Crippen molar-refractivity contribution in [2.45, 2.75) is 213 Å². The van der Waals surface area contributed by atoms with Crippen molar-refractivity contribution in [3.8, 4) is 0 Å². The Kier molecular flexibility index (Phi) is 38.2. The number of carbonyl (C=O) groups excluding carboxylic acids is 4. The first-order chi connectivity index (χ1) is 29.6. The molecule has 0 saturated heterocycles. The van der Waals surface area contributed by atoms with Gasteiger partial charge in [0.1, 0.15) is 19.3 Å². The molecule has 5 atom stereocenters. The summed E-state index contributed by atoms with van der Waals surface area (Å²) in [5.41, 5.74) is 0. The Labute approximate surface area is 371 Å². The lowest BCUT2D eigenvalue weighted by Crippen LogP contribution is -2.30. The highest BCUT2D eigenvalue weighted by Gasteiger charge is 2.30. The molecule has 0 spiro atoms. The number of aliphatic hydroxyl groups is 1. The van der Waals surface area contributed by atoms with Gasteiger partial charge in [0.15, 0.2) is 12.2 Å². The molecule has 0 heterocycles. The number of carbonyl (C=O) groups is 4. The first-order valence-electron chi connectivity index (χ1n) is 23.2. The maximum Gasteiger partial charge on any atom is 0.472 e. The number of esters is 4. The molecule has 0 aliphatic carbocycles. The fourth-order valence-corrected chi connectivity index (χ4v) is 7.68. The Bertz CT molecular complexity index is 1250. The molecule has 2 unspecified atom stereocenters. The highest BCUT2D eigenvalue weighted by molar-refractivity contribution is 7.47. The maximum absolute atomic E-state index is 12.6. The van der Waals surface area contributed by atoms with Crippen molar-refractivity contribution in [1.29, 1.82) is 0 Å². The van der Waals surface area contributed by atoms with E-state index in [2.05, 4.69) is 20.8 Å². The van der Waals surface area contributed by atoms with E-state index in [1.165, 1.54) is 51.4 Å². The molecule has 0 aliphatic heterocycles. The van der Waals surface area contributed by atoms with Gasteiger partial charge in [0.2, 0.25) is 0 Å². The van der Waals surface area contributed by atoms with Gasteiger partial charge in [-0.05, 0) is 19.3 Å². The Morgan fingerprint density at radius 3 is 1.05 bits per heavy atom. The van der Waals surface area contributed by atoms with Crippen LogP contribution in [0.2, 0.25) is 0 Å². The lowest BCUT2D eigenvalue weighted by Gasteiger charge is -2.21. The topological polar surface area (TPSA) is 237 Å². The predicted molar refractivity (Wildman–Crippen MR) is 234 cm³/mol. The summed E-state index contributed by atoms with van der Waals surface area (Å²) in [5.74, 6) is -2.37. The van der Waals surface area contributed by atoms with Gasteiger partial charge in [-0.1, -0.05) is 149 Å². The van der Waals surface area contributed by atoms with Crippen LogP contribution in [-0.2, 0) is 65.4 Å². The van der Waals surface area contributed by atoms with Gasteiger partial charge in [0.05, 0.1) is 26.4 Å². The number of aliphatic hydroxyl groups excluding tert-OH is 1. The van der Waals surface area contributed by atoms with E-state index in [1.807, 2.05) is 0 Å². The summed E-state index contributed by atoms with van der Waals surface area (Å²) in [4.78, 5) is 69.1. The first-order valence-corrected chi connectivity index (χ1v) is 26.2. The summed E-state index contributed by atoms with van der Waals surface area (Å²) < 4.78 is 65.4. The number of hydrogen-bond donors (Lipinski definition) is 3. The summed E-state index contributed by atoms with van der Waals surface area (Å²) >= 11 is 0. The van der Waals surface area contributed by atoms with Crippen molar-refractivity contribution in [1.82, 2.24) is 0 Å². The van der Waals surface area contributed by atoms with E-state index in [0.29, 0.717) is 19.3 Å². The zero-order chi connectivity index (χ0) is 46.3. The van der Waals surface area contributed by atoms with Crippen LogP contribution in [0, 0.1) is 0 Å². The summed E-state index contributed by atoms with van der Waals surface area (Å²) in [7, 11) is -9.78. The first kappa shape index (κ1) is 60.1. The molecule has 17 nitrogen and oxygen atoms in total. The minimum atomic E-state index is -4.90. The molecular weight excluding hydrogens is 850 g/mol.